The molecule has 108 valence electrons. The number of nitrogens with zero attached hydrogens (tertiary/aromatic N) is 1. The average Bonchev–Trinajstić information content (AvgIpc) is 2.49. The van der Waals surface area contributed by atoms with Crippen LogP contribution >= 0.6 is 0 Å². The molecule has 1 aromatic carbocycles. The predicted molar refractivity (Wildman–Crippen MR) is 78.0 cm³/mol. The van der Waals surface area contributed by atoms with E-state index in [1.54, 1.807) is 18.2 Å². The molecule has 2 rings (SSSR count). The molecule has 1 amide bonds. The van der Waals surface area contributed by atoms with Crippen LogP contribution in [0, 0.1) is 6.92 Å². The van der Waals surface area contributed by atoms with E-state index in [9.17, 15) is 14.7 Å². The van der Waals surface area contributed by atoms with Crippen molar-refractivity contribution in [2.45, 2.75) is 19.4 Å². The summed E-state index contributed by atoms with van der Waals surface area (Å²) in [6, 6.07) is 11.5. The Morgan fingerprint density at radius 3 is 2.48 bits per heavy atom. The number of amides is 1. The Morgan fingerprint density at radius 1 is 1.19 bits per heavy atom. The van der Waals surface area contributed by atoms with Gasteiger partial charge in [0.1, 0.15) is 11.7 Å². The number of nitrogens with one attached hydrogen (secondary N) is 1. The van der Waals surface area contributed by atoms with Crippen molar-refractivity contribution in [3.8, 4) is 0 Å². The first kappa shape index (κ1) is 14.7. The number of hydrogen-bond donors (Lipinski definition) is 2. The van der Waals surface area contributed by atoms with Gasteiger partial charge in [0, 0.05) is 12.6 Å². The van der Waals surface area contributed by atoms with Crippen molar-refractivity contribution in [2.24, 2.45) is 0 Å². The number of carbonyl (C=O) groups excluding carboxylic acids is 1. The maximum Gasteiger partial charge on any atom is 0.326 e. The van der Waals surface area contributed by atoms with Crippen molar-refractivity contribution >= 4 is 11.9 Å². The van der Waals surface area contributed by atoms with Crippen molar-refractivity contribution in [1.29, 1.82) is 0 Å². The van der Waals surface area contributed by atoms with E-state index < -0.39 is 17.9 Å². The van der Waals surface area contributed by atoms with Gasteiger partial charge >= 0.3 is 5.97 Å². The molecule has 0 aliphatic heterocycles. The number of aliphatic carboxylic acids is 1. The molecule has 1 heterocycles. The summed E-state index contributed by atoms with van der Waals surface area (Å²) in [5.41, 5.74) is 2.16. The van der Waals surface area contributed by atoms with E-state index in [0.29, 0.717) is 0 Å². The second-order valence-electron chi connectivity index (χ2n) is 4.77. The van der Waals surface area contributed by atoms with Crippen molar-refractivity contribution in [1.82, 2.24) is 10.3 Å². The standard InChI is InChI=1S/C16H16N2O3/c1-11-5-7-12(8-6-11)10-14(16(20)21)18-15(19)13-4-2-3-9-17-13/h2-9,14H,10H2,1H3,(H,18,19)(H,20,21)/t14-/m1/s1. The summed E-state index contributed by atoms with van der Waals surface area (Å²) in [6.07, 6.45) is 1.72. The van der Waals surface area contributed by atoms with Gasteiger partial charge in [0.2, 0.25) is 0 Å². The van der Waals surface area contributed by atoms with Crippen LogP contribution in [-0.4, -0.2) is 28.0 Å². The number of carboxylic acid groups (broad SMARTS) is 1. The lowest BCUT2D eigenvalue weighted by atomic mass is 10.0. The molecular weight excluding hydrogens is 268 g/mol. The molecule has 0 unspecified atom stereocenters. The minimum Gasteiger partial charge on any atom is -0.480 e. The van der Waals surface area contributed by atoms with Crippen LogP contribution in [0.1, 0.15) is 21.6 Å². The normalized spacial score (nSPS) is 11.7. The van der Waals surface area contributed by atoms with Crippen LogP contribution in [-0.2, 0) is 11.2 Å². The van der Waals surface area contributed by atoms with E-state index in [1.807, 2.05) is 31.2 Å². The molecule has 1 aromatic heterocycles. The minimum absolute atomic E-state index is 0.202. The highest BCUT2D eigenvalue weighted by atomic mass is 16.4. The summed E-state index contributed by atoms with van der Waals surface area (Å²) >= 11 is 0. The van der Waals surface area contributed by atoms with Gasteiger partial charge in [-0.25, -0.2) is 4.79 Å². The van der Waals surface area contributed by atoms with Crippen LogP contribution in [0.5, 0.6) is 0 Å². The Bertz CT molecular complexity index is 624. The fourth-order valence-corrected chi connectivity index (χ4v) is 1.89. The first-order valence-corrected chi connectivity index (χ1v) is 6.56. The first-order valence-electron chi connectivity index (χ1n) is 6.56. The maximum atomic E-state index is 12.0. The van der Waals surface area contributed by atoms with Crippen LogP contribution < -0.4 is 5.32 Å². The van der Waals surface area contributed by atoms with Crippen LogP contribution in [0.2, 0.25) is 0 Å². The number of carbonyl (C=O) groups is 2. The number of benzene rings is 1. The highest BCUT2D eigenvalue weighted by Crippen LogP contribution is 2.07. The number of rotatable bonds is 5. The van der Waals surface area contributed by atoms with Gasteiger partial charge in [-0.2, -0.15) is 0 Å². The fourth-order valence-electron chi connectivity index (χ4n) is 1.89. The van der Waals surface area contributed by atoms with Crippen LogP contribution in [0.4, 0.5) is 0 Å². The lowest BCUT2D eigenvalue weighted by Gasteiger charge is -2.14. The summed E-state index contributed by atoms with van der Waals surface area (Å²) in [4.78, 5) is 27.2. The molecule has 5 heteroatoms. The van der Waals surface area contributed by atoms with E-state index in [2.05, 4.69) is 10.3 Å². The van der Waals surface area contributed by atoms with E-state index in [-0.39, 0.29) is 12.1 Å². The number of carboxylic acids is 1. The zero-order valence-electron chi connectivity index (χ0n) is 11.6. The van der Waals surface area contributed by atoms with Gasteiger partial charge in [0.05, 0.1) is 0 Å². The lowest BCUT2D eigenvalue weighted by Crippen LogP contribution is -2.42. The zero-order valence-corrected chi connectivity index (χ0v) is 11.6. The van der Waals surface area contributed by atoms with Crippen molar-refractivity contribution in [3.05, 3.63) is 65.5 Å². The summed E-state index contributed by atoms with van der Waals surface area (Å²) in [5, 5.41) is 11.7. The third-order valence-corrected chi connectivity index (χ3v) is 3.06. The fraction of sp³-hybridized carbons (Fsp3) is 0.188. The lowest BCUT2D eigenvalue weighted by molar-refractivity contribution is -0.139. The van der Waals surface area contributed by atoms with Crippen LogP contribution in [0.25, 0.3) is 0 Å². The van der Waals surface area contributed by atoms with Gasteiger partial charge in [-0.3, -0.25) is 9.78 Å². The highest BCUT2D eigenvalue weighted by Gasteiger charge is 2.21. The second kappa shape index (κ2) is 6.65. The SMILES string of the molecule is Cc1ccc(C[C@@H](NC(=O)c2ccccn2)C(=O)O)cc1. The van der Waals surface area contributed by atoms with Crippen LogP contribution in [0.15, 0.2) is 48.7 Å². The van der Waals surface area contributed by atoms with Gasteiger partial charge < -0.3 is 10.4 Å². The quantitative estimate of drug-likeness (QED) is 0.877. The van der Waals surface area contributed by atoms with E-state index in [1.165, 1.54) is 6.20 Å². The number of aryl methyl sites for hydroxylation is 1. The molecule has 0 aliphatic rings. The van der Waals surface area contributed by atoms with Gasteiger partial charge in [-0.05, 0) is 24.6 Å². The van der Waals surface area contributed by atoms with Crippen molar-refractivity contribution in [2.75, 3.05) is 0 Å². The largest absolute Gasteiger partial charge is 0.480 e. The zero-order chi connectivity index (χ0) is 15.2. The Hall–Kier alpha value is -2.69. The molecule has 2 N–H and O–H groups in total. The third-order valence-electron chi connectivity index (χ3n) is 3.06. The molecule has 0 saturated carbocycles. The molecule has 21 heavy (non-hydrogen) atoms. The monoisotopic (exact) mass is 284 g/mol. The van der Waals surface area contributed by atoms with E-state index >= 15 is 0 Å². The first-order chi connectivity index (χ1) is 10.1. The van der Waals surface area contributed by atoms with E-state index in [0.717, 1.165) is 11.1 Å². The number of hydrogen-bond acceptors (Lipinski definition) is 3. The smallest absolute Gasteiger partial charge is 0.326 e. The minimum atomic E-state index is -1.07. The van der Waals surface area contributed by atoms with Gasteiger partial charge in [-0.15, -0.1) is 0 Å². The summed E-state index contributed by atoms with van der Waals surface area (Å²) in [5.74, 6) is -1.56. The Kier molecular flexibility index (Phi) is 4.66. The molecule has 0 fully saturated rings. The number of pyridine rings is 1. The maximum absolute atomic E-state index is 12.0. The van der Waals surface area contributed by atoms with Gasteiger partial charge in [-0.1, -0.05) is 35.9 Å². The summed E-state index contributed by atoms with van der Waals surface area (Å²) in [6.45, 7) is 1.96. The summed E-state index contributed by atoms with van der Waals surface area (Å²) < 4.78 is 0. The molecule has 0 radical (unpaired) electrons. The molecule has 1 atom stereocenters. The third kappa shape index (κ3) is 4.14. The molecule has 0 bridgehead atoms. The predicted octanol–water partition coefficient (Wildman–Crippen LogP) is 1.82. The highest BCUT2D eigenvalue weighted by molar-refractivity contribution is 5.94. The Morgan fingerprint density at radius 2 is 1.90 bits per heavy atom. The Labute approximate surface area is 122 Å². The Balaban J connectivity index is 2.07. The van der Waals surface area contributed by atoms with E-state index in [4.69, 9.17) is 0 Å². The molecule has 0 spiro atoms. The van der Waals surface area contributed by atoms with Crippen LogP contribution in [0.3, 0.4) is 0 Å². The topological polar surface area (TPSA) is 79.3 Å². The van der Waals surface area contributed by atoms with Crippen molar-refractivity contribution in [3.63, 3.8) is 0 Å². The molecule has 5 nitrogen and oxygen atoms in total. The van der Waals surface area contributed by atoms with Crippen molar-refractivity contribution < 1.29 is 14.7 Å². The average molecular weight is 284 g/mol. The summed E-state index contributed by atoms with van der Waals surface area (Å²) in [7, 11) is 0. The van der Waals surface area contributed by atoms with Gasteiger partial charge in [0.15, 0.2) is 0 Å². The van der Waals surface area contributed by atoms with Gasteiger partial charge in [0.25, 0.3) is 5.91 Å². The molecule has 0 aliphatic carbocycles. The number of aromatic nitrogens is 1. The molecule has 0 saturated heterocycles. The molecular formula is C16H16N2O3. The second-order valence-corrected chi connectivity index (χ2v) is 4.77. The molecule has 2 aromatic rings.